The van der Waals surface area contributed by atoms with E-state index in [-0.39, 0.29) is 0 Å². The molecule has 1 aromatic carbocycles. The molecule has 0 bridgehead atoms. The van der Waals surface area contributed by atoms with E-state index in [4.69, 9.17) is 10.7 Å². The number of nitrogens with two attached hydrogens (primary N) is 1. The molecular formula is C16H24BrN3. The highest BCUT2D eigenvalue weighted by molar-refractivity contribution is 9.10. The summed E-state index contributed by atoms with van der Waals surface area (Å²) in [5, 5.41) is 0. The topological polar surface area (TPSA) is 43.8 Å². The van der Waals surface area contributed by atoms with Crippen LogP contribution in [0.15, 0.2) is 22.7 Å². The molecule has 2 atom stereocenters. The molecule has 1 aromatic heterocycles. The molecule has 4 heteroatoms. The lowest BCUT2D eigenvalue weighted by Gasteiger charge is -2.14. The first kappa shape index (κ1) is 15.5. The van der Waals surface area contributed by atoms with Crippen molar-refractivity contribution in [3.8, 4) is 0 Å². The number of benzene rings is 1. The lowest BCUT2D eigenvalue weighted by atomic mass is 10.0. The molecule has 0 aliphatic rings. The van der Waals surface area contributed by atoms with E-state index in [1.54, 1.807) is 0 Å². The fraction of sp³-hybridized carbons (Fsp3) is 0.562. The Labute approximate surface area is 129 Å². The molecule has 110 valence electrons. The lowest BCUT2D eigenvalue weighted by molar-refractivity contribution is 0.528. The second-order valence-electron chi connectivity index (χ2n) is 5.66. The molecule has 2 aromatic rings. The maximum Gasteiger partial charge on any atom is 0.112 e. The van der Waals surface area contributed by atoms with Crippen LogP contribution in [0.4, 0.5) is 0 Å². The van der Waals surface area contributed by atoms with Crippen LogP contribution in [0.2, 0.25) is 0 Å². The number of halogens is 1. The van der Waals surface area contributed by atoms with Gasteiger partial charge in [-0.25, -0.2) is 4.98 Å². The first-order valence-electron chi connectivity index (χ1n) is 7.44. The molecule has 20 heavy (non-hydrogen) atoms. The monoisotopic (exact) mass is 337 g/mol. The molecule has 3 nitrogen and oxygen atoms in total. The van der Waals surface area contributed by atoms with Crippen LogP contribution in [-0.4, -0.2) is 15.6 Å². The number of rotatable bonds is 6. The highest BCUT2D eigenvalue weighted by atomic mass is 79.9. The molecule has 0 saturated carbocycles. The minimum Gasteiger partial charge on any atom is -0.328 e. The van der Waals surface area contributed by atoms with Gasteiger partial charge in [-0.15, -0.1) is 0 Å². The molecular weight excluding hydrogens is 314 g/mol. The van der Waals surface area contributed by atoms with Crippen LogP contribution in [0, 0.1) is 0 Å². The van der Waals surface area contributed by atoms with E-state index in [1.807, 2.05) is 0 Å². The van der Waals surface area contributed by atoms with Gasteiger partial charge in [-0.2, -0.15) is 0 Å². The predicted octanol–water partition coefficient (Wildman–Crippen LogP) is 4.44. The average molecular weight is 338 g/mol. The highest BCUT2D eigenvalue weighted by Crippen LogP contribution is 2.27. The Balaban J connectivity index is 2.24. The molecule has 0 amide bonds. The predicted molar refractivity (Wildman–Crippen MR) is 89.0 cm³/mol. The number of aromatic nitrogens is 2. The number of aryl methyl sites for hydroxylation is 1. The number of hydrogen-bond acceptors (Lipinski definition) is 2. The van der Waals surface area contributed by atoms with Crippen LogP contribution in [0.3, 0.4) is 0 Å². The second-order valence-corrected chi connectivity index (χ2v) is 6.57. The minimum absolute atomic E-state index is 0.295. The molecule has 0 aliphatic heterocycles. The van der Waals surface area contributed by atoms with Gasteiger partial charge in [-0.05, 0) is 44.9 Å². The summed E-state index contributed by atoms with van der Waals surface area (Å²) < 4.78 is 3.42. The van der Waals surface area contributed by atoms with Gasteiger partial charge < -0.3 is 10.3 Å². The summed E-state index contributed by atoms with van der Waals surface area (Å²) in [4.78, 5) is 4.84. The van der Waals surface area contributed by atoms with Crippen molar-refractivity contribution in [2.45, 2.75) is 58.5 Å². The van der Waals surface area contributed by atoms with E-state index in [9.17, 15) is 0 Å². The SMILES string of the molecule is CCn1c(C(C)CCCC(C)N)nc2cc(Br)ccc21. The Morgan fingerprint density at radius 2 is 2.05 bits per heavy atom. The van der Waals surface area contributed by atoms with Gasteiger partial charge in [-0.3, -0.25) is 0 Å². The molecule has 0 fully saturated rings. The summed E-state index contributed by atoms with van der Waals surface area (Å²) in [5.41, 5.74) is 8.13. The van der Waals surface area contributed by atoms with E-state index < -0.39 is 0 Å². The Morgan fingerprint density at radius 1 is 1.30 bits per heavy atom. The fourth-order valence-corrected chi connectivity index (χ4v) is 3.05. The third-order valence-electron chi connectivity index (χ3n) is 3.79. The maximum absolute atomic E-state index is 5.83. The van der Waals surface area contributed by atoms with E-state index in [0.717, 1.165) is 35.8 Å². The Morgan fingerprint density at radius 3 is 2.70 bits per heavy atom. The van der Waals surface area contributed by atoms with Gasteiger partial charge in [0.05, 0.1) is 11.0 Å². The summed E-state index contributed by atoms with van der Waals surface area (Å²) in [7, 11) is 0. The Hall–Kier alpha value is -0.870. The van der Waals surface area contributed by atoms with Crippen LogP contribution < -0.4 is 5.73 Å². The Bertz CT molecular complexity index is 574. The van der Waals surface area contributed by atoms with Gasteiger partial charge in [0.25, 0.3) is 0 Å². The van der Waals surface area contributed by atoms with Crippen molar-refractivity contribution < 1.29 is 0 Å². The summed E-state index contributed by atoms with van der Waals surface area (Å²) in [6, 6.07) is 6.62. The van der Waals surface area contributed by atoms with Gasteiger partial charge in [0.1, 0.15) is 5.82 Å². The van der Waals surface area contributed by atoms with Gasteiger partial charge in [0, 0.05) is 23.0 Å². The largest absolute Gasteiger partial charge is 0.328 e. The quantitative estimate of drug-likeness (QED) is 0.846. The van der Waals surface area contributed by atoms with Gasteiger partial charge in [0.15, 0.2) is 0 Å². The summed E-state index contributed by atoms with van der Waals surface area (Å²) in [5.74, 6) is 1.67. The third-order valence-corrected chi connectivity index (χ3v) is 4.29. The van der Waals surface area contributed by atoms with Crippen LogP contribution >= 0.6 is 15.9 Å². The second kappa shape index (κ2) is 6.72. The lowest BCUT2D eigenvalue weighted by Crippen LogP contribution is -2.14. The van der Waals surface area contributed by atoms with Crippen LogP contribution in [0.5, 0.6) is 0 Å². The van der Waals surface area contributed by atoms with E-state index in [0.29, 0.717) is 12.0 Å². The zero-order valence-electron chi connectivity index (χ0n) is 12.6. The summed E-state index contributed by atoms with van der Waals surface area (Å²) in [6.07, 6.45) is 3.39. The van der Waals surface area contributed by atoms with Crippen molar-refractivity contribution in [2.75, 3.05) is 0 Å². The van der Waals surface area contributed by atoms with E-state index in [1.165, 1.54) is 11.3 Å². The smallest absolute Gasteiger partial charge is 0.112 e. The number of imidazole rings is 1. The third kappa shape index (κ3) is 3.41. The molecule has 0 radical (unpaired) electrons. The zero-order valence-corrected chi connectivity index (χ0v) is 14.2. The van der Waals surface area contributed by atoms with Crippen LogP contribution in [0.25, 0.3) is 11.0 Å². The zero-order chi connectivity index (χ0) is 14.7. The van der Waals surface area contributed by atoms with Gasteiger partial charge in [0.2, 0.25) is 0 Å². The van der Waals surface area contributed by atoms with Crippen molar-refractivity contribution in [3.63, 3.8) is 0 Å². The first-order chi connectivity index (χ1) is 9.52. The molecule has 1 heterocycles. The van der Waals surface area contributed by atoms with E-state index in [2.05, 4.69) is 59.5 Å². The van der Waals surface area contributed by atoms with Crippen molar-refractivity contribution in [3.05, 3.63) is 28.5 Å². The standard InChI is InChI=1S/C16H24BrN3/c1-4-20-15-9-8-13(17)10-14(15)19-16(20)11(2)6-5-7-12(3)18/h8-12H,4-7,18H2,1-3H3. The molecule has 0 spiro atoms. The van der Waals surface area contributed by atoms with Gasteiger partial charge >= 0.3 is 0 Å². The first-order valence-corrected chi connectivity index (χ1v) is 8.23. The molecule has 0 aliphatic carbocycles. The molecule has 0 saturated heterocycles. The van der Waals surface area contributed by atoms with Crippen molar-refractivity contribution >= 4 is 27.0 Å². The summed E-state index contributed by atoms with van der Waals surface area (Å²) in [6.45, 7) is 7.49. The van der Waals surface area contributed by atoms with Crippen molar-refractivity contribution in [2.24, 2.45) is 5.73 Å². The van der Waals surface area contributed by atoms with E-state index >= 15 is 0 Å². The van der Waals surface area contributed by atoms with Gasteiger partial charge in [-0.1, -0.05) is 29.3 Å². The minimum atomic E-state index is 0.295. The molecule has 2 unspecified atom stereocenters. The Kier molecular flexibility index (Phi) is 5.22. The average Bonchev–Trinajstić information content (AvgIpc) is 2.75. The molecule has 2 N–H and O–H groups in total. The van der Waals surface area contributed by atoms with Crippen LogP contribution in [-0.2, 0) is 6.54 Å². The van der Waals surface area contributed by atoms with Crippen LogP contribution in [0.1, 0.15) is 51.8 Å². The highest BCUT2D eigenvalue weighted by Gasteiger charge is 2.15. The molecule has 2 rings (SSSR count). The number of nitrogens with zero attached hydrogens (tertiary/aromatic N) is 2. The normalized spacial score (nSPS) is 14.7. The fourth-order valence-electron chi connectivity index (χ4n) is 2.71. The number of fused-ring (bicyclic) bond motifs is 1. The van der Waals surface area contributed by atoms with Crippen molar-refractivity contribution in [1.82, 2.24) is 9.55 Å². The summed E-state index contributed by atoms with van der Waals surface area (Å²) >= 11 is 3.52. The maximum atomic E-state index is 5.83. The van der Waals surface area contributed by atoms with Crippen molar-refractivity contribution in [1.29, 1.82) is 0 Å². The number of hydrogen-bond donors (Lipinski definition) is 1.